The van der Waals surface area contributed by atoms with Crippen molar-refractivity contribution in [3.05, 3.63) is 83.8 Å². The predicted octanol–water partition coefficient (Wildman–Crippen LogP) is 2.70. The standard InChI is InChI=1S/C20H20N4O2/c21-20(25)18-13-24-19(14-23-18)26-17-8-6-16(7-9-17)12-22-11-10-15-4-2-1-3-5-15/h1-9,13-14,22H,10-12H2,(H2,21,25). The Balaban J connectivity index is 1.46. The predicted molar refractivity (Wildman–Crippen MR) is 98.9 cm³/mol. The number of carbonyl (C=O) groups is 1. The third kappa shape index (κ3) is 5.12. The number of nitrogens with two attached hydrogens (primary N) is 1. The lowest BCUT2D eigenvalue weighted by Gasteiger charge is -2.07. The van der Waals surface area contributed by atoms with Crippen LogP contribution in [0.1, 0.15) is 21.6 Å². The van der Waals surface area contributed by atoms with E-state index in [0.717, 1.165) is 19.5 Å². The van der Waals surface area contributed by atoms with Crippen LogP contribution in [0.3, 0.4) is 0 Å². The number of hydrogen-bond donors (Lipinski definition) is 2. The van der Waals surface area contributed by atoms with Crippen LogP contribution in [0.2, 0.25) is 0 Å². The summed E-state index contributed by atoms with van der Waals surface area (Å²) in [6.07, 6.45) is 3.67. The summed E-state index contributed by atoms with van der Waals surface area (Å²) in [6.45, 7) is 1.71. The number of nitrogens with zero attached hydrogens (tertiary/aromatic N) is 2. The molecule has 0 aliphatic rings. The van der Waals surface area contributed by atoms with Crippen molar-refractivity contribution in [2.75, 3.05) is 6.54 Å². The van der Waals surface area contributed by atoms with E-state index >= 15 is 0 Å². The van der Waals surface area contributed by atoms with E-state index in [4.69, 9.17) is 10.5 Å². The molecule has 1 amide bonds. The first-order chi connectivity index (χ1) is 12.7. The highest BCUT2D eigenvalue weighted by molar-refractivity contribution is 5.90. The number of carbonyl (C=O) groups excluding carboxylic acids is 1. The summed E-state index contributed by atoms with van der Waals surface area (Å²) >= 11 is 0. The Kier molecular flexibility index (Phi) is 5.90. The molecule has 0 aliphatic carbocycles. The van der Waals surface area contributed by atoms with Gasteiger partial charge in [0.2, 0.25) is 5.88 Å². The number of ether oxygens (including phenoxy) is 1. The van der Waals surface area contributed by atoms with Gasteiger partial charge in [0.15, 0.2) is 0 Å². The van der Waals surface area contributed by atoms with Gasteiger partial charge in [-0.05, 0) is 36.2 Å². The van der Waals surface area contributed by atoms with E-state index in [0.29, 0.717) is 11.6 Å². The van der Waals surface area contributed by atoms with Crippen LogP contribution in [0.15, 0.2) is 67.0 Å². The molecule has 0 radical (unpaired) electrons. The van der Waals surface area contributed by atoms with Gasteiger partial charge in [-0.1, -0.05) is 42.5 Å². The van der Waals surface area contributed by atoms with Crippen LogP contribution in [0.25, 0.3) is 0 Å². The van der Waals surface area contributed by atoms with Crippen molar-refractivity contribution in [3.63, 3.8) is 0 Å². The molecule has 0 fully saturated rings. The summed E-state index contributed by atoms with van der Waals surface area (Å²) in [6, 6.07) is 18.1. The Labute approximate surface area is 152 Å². The molecule has 3 rings (SSSR count). The summed E-state index contributed by atoms with van der Waals surface area (Å²) in [5, 5.41) is 3.43. The fourth-order valence-electron chi connectivity index (χ4n) is 2.40. The quantitative estimate of drug-likeness (QED) is 0.611. The number of primary amides is 1. The molecular weight excluding hydrogens is 328 g/mol. The van der Waals surface area contributed by atoms with Gasteiger partial charge in [-0.25, -0.2) is 9.97 Å². The Morgan fingerprint density at radius 2 is 1.73 bits per heavy atom. The maximum absolute atomic E-state index is 11.0. The van der Waals surface area contributed by atoms with E-state index in [1.165, 1.54) is 23.5 Å². The zero-order valence-corrected chi connectivity index (χ0v) is 14.3. The average Bonchev–Trinajstić information content (AvgIpc) is 2.68. The highest BCUT2D eigenvalue weighted by Gasteiger charge is 2.04. The molecule has 132 valence electrons. The van der Waals surface area contributed by atoms with Gasteiger partial charge in [0, 0.05) is 6.54 Å². The number of hydrogen-bond acceptors (Lipinski definition) is 5. The zero-order valence-electron chi connectivity index (χ0n) is 14.3. The van der Waals surface area contributed by atoms with Crippen molar-refractivity contribution < 1.29 is 9.53 Å². The number of amides is 1. The molecular formula is C20H20N4O2. The first kappa shape index (κ1) is 17.6. The summed E-state index contributed by atoms with van der Waals surface area (Å²) in [7, 11) is 0. The molecule has 0 bridgehead atoms. The largest absolute Gasteiger partial charge is 0.438 e. The van der Waals surface area contributed by atoms with Crippen molar-refractivity contribution >= 4 is 5.91 Å². The molecule has 1 aromatic heterocycles. The van der Waals surface area contributed by atoms with Gasteiger partial charge in [-0.3, -0.25) is 4.79 Å². The van der Waals surface area contributed by atoms with Gasteiger partial charge < -0.3 is 15.8 Å². The third-order valence-electron chi connectivity index (χ3n) is 3.79. The molecule has 0 unspecified atom stereocenters. The van der Waals surface area contributed by atoms with E-state index in [1.807, 2.05) is 30.3 Å². The second kappa shape index (κ2) is 8.73. The Hall–Kier alpha value is -3.25. The number of aromatic nitrogens is 2. The first-order valence-electron chi connectivity index (χ1n) is 8.34. The molecule has 26 heavy (non-hydrogen) atoms. The van der Waals surface area contributed by atoms with E-state index in [9.17, 15) is 4.79 Å². The average molecular weight is 348 g/mol. The van der Waals surface area contributed by atoms with E-state index < -0.39 is 5.91 Å². The molecule has 6 nitrogen and oxygen atoms in total. The second-order valence-electron chi connectivity index (χ2n) is 5.76. The fourth-order valence-corrected chi connectivity index (χ4v) is 2.40. The Morgan fingerprint density at radius 1 is 0.962 bits per heavy atom. The van der Waals surface area contributed by atoms with Gasteiger partial charge in [-0.15, -0.1) is 0 Å². The molecule has 1 heterocycles. The maximum atomic E-state index is 11.0. The van der Waals surface area contributed by atoms with Crippen LogP contribution in [0, 0.1) is 0 Å². The third-order valence-corrected chi connectivity index (χ3v) is 3.79. The number of nitrogens with one attached hydrogen (secondary N) is 1. The zero-order chi connectivity index (χ0) is 18.2. The lowest BCUT2D eigenvalue weighted by molar-refractivity contribution is 0.0995. The van der Waals surface area contributed by atoms with E-state index in [-0.39, 0.29) is 5.69 Å². The van der Waals surface area contributed by atoms with Crippen LogP contribution < -0.4 is 15.8 Å². The molecule has 0 aliphatic heterocycles. The smallest absolute Gasteiger partial charge is 0.268 e. The normalized spacial score (nSPS) is 10.5. The lowest BCUT2D eigenvalue weighted by atomic mass is 10.1. The molecule has 6 heteroatoms. The van der Waals surface area contributed by atoms with Crippen LogP contribution >= 0.6 is 0 Å². The summed E-state index contributed by atoms with van der Waals surface area (Å²) in [4.78, 5) is 18.9. The topological polar surface area (TPSA) is 90.1 Å². The van der Waals surface area contributed by atoms with Gasteiger partial charge >= 0.3 is 0 Å². The van der Waals surface area contributed by atoms with Crippen LogP contribution in [0.5, 0.6) is 11.6 Å². The number of benzene rings is 2. The Bertz CT molecular complexity index is 834. The van der Waals surface area contributed by atoms with E-state index in [2.05, 4.69) is 39.6 Å². The van der Waals surface area contributed by atoms with Crippen molar-refractivity contribution in [1.29, 1.82) is 0 Å². The summed E-state index contributed by atoms with van der Waals surface area (Å²) in [5.41, 5.74) is 7.73. The minimum Gasteiger partial charge on any atom is -0.438 e. The highest BCUT2D eigenvalue weighted by atomic mass is 16.5. The summed E-state index contributed by atoms with van der Waals surface area (Å²) < 4.78 is 5.61. The SMILES string of the molecule is NC(=O)c1cnc(Oc2ccc(CNCCc3ccccc3)cc2)cn1. The van der Waals surface area contributed by atoms with Crippen molar-refractivity contribution in [1.82, 2.24) is 15.3 Å². The molecule has 3 N–H and O–H groups in total. The molecule has 3 aromatic rings. The van der Waals surface area contributed by atoms with Gasteiger partial charge in [0.05, 0.1) is 12.4 Å². The minimum absolute atomic E-state index is 0.106. The monoisotopic (exact) mass is 348 g/mol. The molecule has 0 saturated heterocycles. The second-order valence-corrected chi connectivity index (χ2v) is 5.76. The molecule has 0 atom stereocenters. The van der Waals surface area contributed by atoms with E-state index in [1.54, 1.807) is 0 Å². The van der Waals surface area contributed by atoms with Crippen LogP contribution in [-0.2, 0) is 13.0 Å². The first-order valence-corrected chi connectivity index (χ1v) is 8.34. The van der Waals surface area contributed by atoms with Crippen LogP contribution in [-0.4, -0.2) is 22.4 Å². The van der Waals surface area contributed by atoms with Crippen molar-refractivity contribution in [2.24, 2.45) is 5.73 Å². The minimum atomic E-state index is -0.617. The lowest BCUT2D eigenvalue weighted by Crippen LogP contribution is -2.16. The van der Waals surface area contributed by atoms with Crippen molar-refractivity contribution in [3.8, 4) is 11.6 Å². The van der Waals surface area contributed by atoms with Gasteiger partial charge in [0.25, 0.3) is 5.91 Å². The maximum Gasteiger partial charge on any atom is 0.268 e. The molecule has 2 aromatic carbocycles. The van der Waals surface area contributed by atoms with Crippen LogP contribution in [0.4, 0.5) is 0 Å². The summed E-state index contributed by atoms with van der Waals surface area (Å²) in [5.74, 6) is 0.344. The highest BCUT2D eigenvalue weighted by Crippen LogP contribution is 2.19. The Morgan fingerprint density at radius 3 is 2.38 bits per heavy atom. The van der Waals surface area contributed by atoms with Gasteiger partial charge in [-0.2, -0.15) is 0 Å². The number of rotatable bonds is 8. The molecule has 0 saturated carbocycles. The van der Waals surface area contributed by atoms with Gasteiger partial charge in [0.1, 0.15) is 11.4 Å². The van der Waals surface area contributed by atoms with Crippen molar-refractivity contribution in [2.45, 2.75) is 13.0 Å². The fraction of sp³-hybridized carbons (Fsp3) is 0.150. The molecule has 0 spiro atoms.